The number of hydrogen-bond acceptors (Lipinski definition) is 5. The van der Waals surface area contributed by atoms with Crippen molar-refractivity contribution < 1.29 is 9.47 Å². The van der Waals surface area contributed by atoms with Gasteiger partial charge in [-0.1, -0.05) is 40.2 Å². The van der Waals surface area contributed by atoms with E-state index in [9.17, 15) is 0 Å². The quantitative estimate of drug-likeness (QED) is 0.518. The van der Waals surface area contributed by atoms with Gasteiger partial charge >= 0.3 is 0 Å². The molecule has 0 saturated carbocycles. The SMILES string of the molecule is COc1ccc(Br)c([C@@H]2Oc3ccccc3[C@H]3CC(c4cccs4)=NN32)c1. The van der Waals surface area contributed by atoms with Gasteiger partial charge in [0.05, 0.1) is 23.7 Å². The Morgan fingerprint density at radius 3 is 2.85 bits per heavy atom. The molecular formula is C21H17BrN2O2S. The second kappa shape index (κ2) is 6.69. The molecule has 27 heavy (non-hydrogen) atoms. The molecule has 3 aromatic rings. The second-order valence-electron chi connectivity index (χ2n) is 6.52. The Morgan fingerprint density at radius 2 is 2.04 bits per heavy atom. The molecule has 0 bridgehead atoms. The fourth-order valence-electron chi connectivity index (χ4n) is 3.67. The van der Waals surface area contributed by atoms with Crippen molar-refractivity contribution >= 4 is 33.0 Å². The van der Waals surface area contributed by atoms with Crippen molar-refractivity contribution in [2.45, 2.75) is 18.7 Å². The molecule has 2 atom stereocenters. The van der Waals surface area contributed by atoms with Crippen LogP contribution in [0, 0.1) is 0 Å². The molecule has 5 rings (SSSR count). The van der Waals surface area contributed by atoms with Gasteiger partial charge < -0.3 is 9.47 Å². The molecule has 6 heteroatoms. The lowest BCUT2D eigenvalue weighted by atomic mass is 9.97. The summed E-state index contributed by atoms with van der Waals surface area (Å²) < 4.78 is 12.8. The average molecular weight is 441 g/mol. The number of benzene rings is 2. The van der Waals surface area contributed by atoms with Gasteiger partial charge in [-0.05, 0) is 35.7 Å². The highest BCUT2D eigenvalue weighted by atomic mass is 79.9. The van der Waals surface area contributed by atoms with Gasteiger partial charge in [0, 0.05) is 22.0 Å². The van der Waals surface area contributed by atoms with Crippen LogP contribution in [0.2, 0.25) is 0 Å². The third-order valence-electron chi connectivity index (χ3n) is 4.97. The minimum absolute atomic E-state index is 0.162. The first kappa shape index (κ1) is 16.8. The lowest BCUT2D eigenvalue weighted by Gasteiger charge is -2.38. The summed E-state index contributed by atoms with van der Waals surface area (Å²) in [7, 11) is 1.68. The first-order valence-corrected chi connectivity index (χ1v) is 10.4. The van der Waals surface area contributed by atoms with Crippen LogP contribution in [0.5, 0.6) is 11.5 Å². The summed E-state index contributed by atoms with van der Waals surface area (Å²) >= 11 is 5.40. The molecule has 0 amide bonds. The zero-order valence-electron chi connectivity index (χ0n) is 14.6. The predicted octanol–water partition coefficient (Wildman–Crippen LogP) is 5.76. The van der Waals surface area contributed by atoms with Crippen LogP contribution in [0.25, 0.3) is 0 Å². The number of fused-ring (bicyclic) bond motifs is 3. The van der Waals surface area contributed by atoms with E-state index < -0.39 is 0 Å². The first-order valence-electron chi connectivity index (χ1n) is 8.73. The van der Waals surface area contributed by atoms with Crippen LogP contribution in [0.3, 0.4) is 0 Å². The molecule has 0 spiro atoms. The number of thiophene rings is 1. The number of hydrogen-bond donors (Lipinski definition) is 0. The highest BCUT2D eigenvalue weighted by molar-refractivity contribution is 9.10. The Labute approximate surface area is 170 Å². The minimum atomic E-state index is -0.313. The van der Waals surface area contributed by atoms with Crippen LogP contribution in [-0.4, -0.2) is 17.8 Å². The molecule has 0 N–H and O–H groups in total. The number of hydrazone groups is 1. The number of rotatable bonds is 3. The van der Waals surface area contributed by atoms with Crippen molar-refractivity contribution in [2.75, 3.05) is 7.11 Å². The summed E-state index contributed by atoms with van der Waals surface area (Å²) in [5, 5.41) is 9.17. The van der Waals surface area contributed by atoms with Gasteiger partial charge in [-0.2, -0.15) is 5.10 Å². The molecule has 1 aromatic heterocycles. The molecule has 136 valence electrons. The standard InChI is InChI=1S/C21H17BrN2O2S/c1-25-13-8-9-16(22)15(11-13)21-24-18(14-5-2-3-6-19(14)26-21)12-17(23-24)20-7-4-10-27-20/h2-11,18,21H,12H2,1H3/t18-,21+/m1/s1. The average Bonchev–Trinajstić information content (AvgIpc) is 3.37. The minimum Gasteiger partial charge on any atom is -0.497 e. The van der Waals surface area contributed by atoms with Crippen LogP contribution in [-0.2, 0) is 0 Å². The topological polar surface area (TPSA) is 34.1 Å². The van der Waals surface area contributed by atoms with E-state index in [1.165, 1.54) is 10.4 Å². The van der Waals surface area contributed by atoms with E-state index in [0.717, 1.165) is 33.7 Å². The predicted molar refractivity (Wildman–Crippen MR) is 111 cm³/mol. The van der Waals surface area contributed by atoms with Crippen molar-refractivity contribution in [3.05, 3.63) is 80.5 Å². The van der Waals surface area contributed by atoms with Gasteiger partial charge in [0.2, 0.25) is 6.23 Å². The van der Waals surface area contributed by atoms with Crippen molar-refractivity contribution in [2.24, 2.45) is 5.10 Å². The van der Waals surface area contributed by atoms with Crippen LogP contribution in [0.15, 0.2) is 69.6 Å². The molecule has 2 aliphatic heterocycles. The summed E-state index contributed by atoms with van der Waals surface area (Å²) in [4.78, 5) is 1.21. The summed E-state index contributed by atoms with van der Waals surface area (Å²) in [6, 6.07) is 18.6. The Kier molecular flexibility index (Phi) is 4.17. The van der Waals surface area contributed by atoms with Crippen LogP contribution in [0.4, 0.5) is 0 Å². The molecule has 2 aromatic carbocycles. The number of ether oxygens (including phenoxy) is 2. The number of para-hydroxylation sites is 1. The maximum absolute atomic E-state index is 6.41. The molecule has 0 fully saturated rings. The third kappa shape index (κ3) is 2.84. The normalized spacial score (nSPS) is 20.5. The van der Waals surface area contributed by atoms with E-state index in [4.69, 9.17) is 14.6 Å². The Bertz CT molecular complexity index is 1020. The molecule has 0 saturated heterocycles. The fourth-order valence-corrected chi connectivity index (χ4v) is 4.83. The van der Waals surface area contributed by atoms with E-state index in [0.29, 0.717) is 0 Å². The smallest absolute Gasteiger partial charge is 0.215 e. The second-order valence-corrected chi connectivity index (χ2v) is 8.32. The van der Waals surface area contributed by atoms with Gasteiger partial charge in [0.15, 0.2) is 0 Å². The zero-order chi connectivity index (χ0) is 18.4. The summed E-state index contributed by atoms with van der Waals surface area (Å²) in [5.41, 5.74) is 3.30. The Balaban J connectivity index is 1.63. The first-order chi connectivity index (χ1) is 13.2. The maximum Gasteiger partial charge on any atom is 0.215 e. The van der Waals surface area contributed by atoms with Crippen LogP contribution < -0.4 is 9.47 Å². The molecule has 0 aliphatic carbocycles. The maximum atomic E-state index is 6.41. The lowest BCUT2D eigenvalue weighted by Crippen LogP contribution is -2.33. The third-order valence-corrected chi connectivity index (χ3v) is 6.61. The molecule has 0 radical (unpaired) electrons. The Morgan fingerprint density at radius 1 is 1.15 bits per heavy atom. The highest BCUT2D eigenvalue weighted by Gasteiger charge is 2.41. The van der Waals surface area contributed by atoms with Gasteiger partial charge in [0.25, 0.3) is 0 Å². The number of nitrogens with zero attached hydrogens (tertiary/aromatic N) is 2. The van der Waals surface area contributed by atoms with E-state index in [1.807, 2.05) is 30.3 Å². The van der Waals surface area contributed by atoms with E-state index in [1.54, 1.807) is 18.4 Å². The van der Waals surface area contributed by atoms with Crippen molar-refractivity contribution in [1.82, 2.24) is 5.01 Å². The summed E-state index contributed by atoms with van der Waals surface area (Å²) in [6.07, 6.45) is 0.561. The van der Waals surface area contributed by atoms with Gasteiger partial charge in [-0.25, -0.2) is 5.01 Å². The fraction of sp³-hybridized carbons (Fsp3) is 0.190. The molecular weight excluding hydrogens is 424 g/mol. The summed E-state index contributed by atoms with van der Waals surface area (Å²) in [6.45, 7) is 0. The van der Waals surface area contributed by atoms with Crippen molar-refractivity contribution in [3.8, 4) is 11.5 Å². The largest absolute Gasteiger partial charge is 0.497 e. The van der Waals surface area contributed by atoms with Crippen molar-refractivity contribution in [3.63, 3.8) is 0 Å². The van der Waals surface area contributed by atoms with Crippen molar-refractivity contribution in [1.29, 1.82) is 0 Å². The zero-order valence-corrected chi connectivity index (χ0v) is 17.0. The summed E-state index contributed by atoms with van der Waals surface area (Å²) in [5.74, 6) is 1.72. The lowest BCUT2D eigenvalue weighted by molar-refractivity contribution is -0.0196. The van der Waals surface area contributed by atoms with E-state index in [-0.39, 0.29) is 12.3 Å². The number of halogens is 1. The molecule has 3 heterocycles. The monoisotopic (exact) mass is 440 g/mol. The van der Waals surface area contributed by atoms with Crippen LogP contribution in [0.1, 0.15) is 34.7 Å². The van der Waals surface area contributed by atoms with Gasteiger partial charge in [-0.15, -0.1) is 11.3 Å². The number of methoxy groups -OCH3 is 1. The van der Waals surface area contributed by atoms with E-state index in [2.05, 4.69) is 50.6 Å². The highest BCUT2D eigenvalue weighted by Crippen LogP contribution is 2.49. The van der Waals surface area contributed by atoms with Gasteiger partial charge in [0.1, 0.15) is 11.5 Å². The van der Waals surface area contributed by atoms with E-state index >= 15 is 0 Å². The van der Waals surface area contributed by atoms with Gasteiger partial charge in [-0.3, -0.25) is 0 Å². The molecule has 0 unspecified atom stereocenters. The molecule has 4 nitrogen and oxygen atoms in total. The Hall–Kier alpha value is -2.31. The van der Waals surface area contributed by atoms with Crippen LogP contribution >= 0.6 is 27.3 Å². The molecule has 2 aliphatic rings.